The van der Waals surface area contributed by atoms with E-state index in [1.54, 1.807) is 0 Å². The largest absolute Gasteiger partial charge is 0.396 e. The van der Waals surface area contributed by atoms with Crippen molar-refractivity contribution in [3.05, 3.63) is 34.9 Å². The van der Waals surface area contributed by atoms with Gasteiger partial charge in [-0.15, -0.1) is 0 Å². The number of rotatable bonds is 5. The Bertz CT molecular complexity index is 309. The molecule has 0 saturated heterocycles. The van der Waals surface area contributed by atoms with Crippen LogP contribution in [0, 0.1) is 13.8 Å². The van der Waals surface area contributed by atoms with Crippen LogP contribution in [0.15, 0.2) is 18.2 Å². The molecular formula is C13H20OS. The molecule has 0 aliphatic carbocycles. The van der Waals surface area contributed by atoms with Gasteiger partial charge in [0.25, 0.3) is 0 Å². The minimum atomic E-state index is 0.293. The van der Waals surface area contributed by atoms with Crippen molar-refractivity contribution in [2.75, 3.05) is 6.61 Å². The number of aliphatic hydroxyl groups is 1. The van der Waals surface area contributed by atoms with Gasteiger partial charge in [-0.25, -0.2) is 0 Å². The zero-order valence-electron chi connectivity index (χ0n) is 9.79. The lowest BCUT2D eigenvalue weighted by atomic mass is 10.1. The minimum Gasteiger partial charge on any atom is -0.396 e. The molecule has 0 aliphatic rings. The molecule has 1 aromatic rings. The lowest BCUT2D eigenvalue weighted by molar-refractivity contribution is 0.289. The molecule has 0 amide bonds. The second-order valence-electron chi connectivity index (χ2n) is 4.06. The maximum Gasteiger partial charge on any atom is 0.0441 e. The van der Waals surface area contributed by atoms with Gasteiger partial charge in [0.15, 0.2) is 0 Å². The molecular weight excluding hydrogens is 204 g/mol. The average molecular weight is 224 g/mol. The van der Waals surface area contributed by atoms with E-state index in [1.807, 2.05) is 11.8 Å². The number of benzene rings is 1. The number of aryl methyl sites for hydroxylation is 2. The van der Waals surface area contributed by atoms with Crippen molar-refractivity contribution in [1.29, 1.82) is 0 Å². The molecule has 1 rings (SSSR count). The maximum atomic E-state index is 8.82. The van der Waals surface area contributed by atoms with Crippen molar-refractivity contribution in [1.82, 2.24) is 0 Å². The fourth-order valence-electron chi connectivity index (χ4n) is 1.45. The van der Waals surface area contributed by atoms with Crippen LogP contribution in [0.5, 0.6) is 0 Å². The van der Waals surface area contributed by atoms with Gasteiger partial charge in [0.1, 0.15) is 0 Å². The summed E-state index contributed by atoms with van der Waals surface area (Å²) in [5.74, 6) is 1.05. The van der Waals surface area contributed by atoms with Gasteiger partial charge >= 0.3 is 0 Å². The Balaban J connectivity index is 2.53. The number of aliphatic hydroxyl groups excluding tert-OH is 1. The van der Waals surface area contributed by atoms with Crippen LogP contribution in [0.1, 0.15) is 30.0 Å². The normalized spacial score (nSPS) is 12.8. The Kier molecular flexibility index (Phi) is 5.20. The maximum absolute atomic E-state index is 8.82. The fraction of sp³-hybridized carbons (Fsp3) is 0.538. The van der Waals surface area contributed by atoms with Gasteiger partial charge in [0.05, 0.1) is 0 Å². The fourth-order valence-corrected chi connectivity index (χ4v) is 2.50. The Morgan fingerprint density at radius 3 is 2.73 bits per heavy atom. The van der Waals surface area contributed by atoms with Crippen molar-refractivity contribution in [2.24, 2.45) is 0 Å². The van der Waals surface area contributed by atoms with E-state index in [0.717, 1.165) is 12.2 Å². The highest BCUT2D eigenvalue weighted by molar-refractivity contribution is 7.99. The zero-order valence-corrected chi connectivity index (χ0v) is 10.6. The third kappa shape index (κ3) is 4.27. The highest BCUT2D eigenvalue weighted by Crippen LogP contribution is 2.22. The molecule has 2 heteroatoms. The predicted octanol–water partition coefficient (Wildman–Crippen LogP) is 3.31. The van der Waals surface area contributed by atoms with E-state index < -0.39 is 0 Å². The van der Waals surface area contributed by atoms with E-state index in [0.29, 0.717) is 11.9 Å². The van der Waals surface area contributed by atoms with Gasteiger partial charge in [0, 0.05) is 17.6 Å². The van der Waals surface area contributed by atoms with E-state index in [4.69, 9.17) is 5.11 Å². The molecule has 1 N–H and O–H groups in total. The van der Waals surface area contributed by atoms with Crippen LogP contribution >= 0.6 is 11.8 Å². The molecule has 1 atom stereocenters. The summed E-state index contributed by atoms with van der Waals surface area (Å²) >= 11 is 1.92. The summed E-state index contributed by atoms with van der Waals surface area (Å²) in [5.41, 5.74) is 4.11. The van der Waals surface area contributed by atoms with Crippen molar-refractivity contribution < 1.29 is 5.11 Å². The summed E-state index contributed by atoms with van der Waals surface area (Å²) in [6.45, 7) is 6.75. The van der Waals surface area contributed by atoms with Crippen molar-refractivity contribution >= 4 is 11.8 Å². The Morgan fingerprint density at radius 1 is 1.33 bits per heavy atom. The monoisotopic (exact) mass is 224 g/mol. The van der Waals surface area contributed by atoms with Gasteiger partial charge in [-0.3, -0.25) is 0 Å². The van der Waals surface area contributed by atoms with Crippen LogP contribution in [0.4, 0.5) is 0 Å². The zero-order chi connectivity index (χ0) is 11.3. The van der Waals surface area contributed by atoms with Crippen LogP contribution in [-0.4, -0.2) is 17.0 Å². The van der Waals surface area contributed by atoms with Gasteiger partial charge < -0.3 is 5.11 Å². The molecule has 15 heavy (non-hydrogen) atoms. The van der Waals surface area contributed by atoms with Crippen LogP contribution in [0.25, 0.3) is 0 Å². The Morgan fingerprint density at radius 2 is 2.07 bits per heavy atom. The molecule has 0 spiro atoms. The lowest BCUT2D eigenvalue weighted by Gasteiger charge is -2.11. The molecule has 0 aromatic heterocycles. The summed E-state index contributed by atoms with van der Waals surface area (Å²) in [5, 5.41) is 9.36. The third-order valence-electron chi connectivity index (χ3n) is 2.56. The summed E-state index contributed by atoms with van der Waals surface area (Å²) in [6.07, 6.45) is 0.884. The lowest BCUT2D eigenvalue weighted by Crippen LogP contribution is -2.00. The highest BCUT2D eigenvalue weighted by atomic mass is 32.2. The third-order valence-corrected chi connectivity index (χ3v) is 3.85. The summed E-state index contributed by atoms with van der Waals surface area (Å²) < 4.78 is 0. The second-order valence-corrected chi connectivity index (χ2v) is 5.49. The first-order valence-corrected chi connectivity index (χ1v) is 6.47. The van der Waals surface area contributed by atoms with Gasteiger partial charge in [0.2, 0.25) is 0 Å². The molecule has 0 radical (unpaired) electrons. The molecule has 0 saturated carbocycles. The van der Waals surface area contributed by atoms with E-state index in [9.17, 15) is 0 Å². The van der Waals surface area contributed by atoms with E-state index >= 15 is 0 Å². The molecule has 1 aromatic carbocycles. The Hall–Kier alpha value is -0.470. The quantitative estimate of drug-likeness (QED) is 0.828. The first-order valence-electron chi connectivity index (χ1n) is 5.42. The summed E-state index contributed by atoms with van der Waals surface area (Å²) in [4.78, 5) is 0. The van der Waals surface area contributed by atoms with Crippen molar-refractivity contribution in [2.45, 2.75) is 38.2 Å². The SMILES string of the molecule is Cc1ccc(C)c(CSC(C)CCO)c1. The molecule has 84 valence electrons. The molecule has 0 bridgehead atoms. The van der Waals surface area contributed by atoms with Crippen LogP contribution in [-0.2, 0) is 5.75 Å². The van der Waals surface area contributed by atoms with Crippen LogP contribution in [0.3, 0.4) is 0 Å². The van der Waals surface area contributed by atoms with Crippen molar-refractivity contribution in [3.63, 3.8) is 0 Å². The van der Waals surface area contributed by atoms with Crippen molar-refractivity contribution in [3.8, 4) is 0 Å². The van der Waals surface area contributed by atoms with E-state index in [-0.39, 0.29) is 0 Å². The van der Waals surface area contributed by atoms with Crippen LogP contribution in [0.2, 0.25) is 0 Å². The minimum absolute atomic E-state index is 0.293. The van der Waals surface area contributed by atoms with E-state index in [2.05, 4.69) is 39.0 Å². The number of hydrogen-bond donors (Lipinski definition) is 1. The van der Waals surface area contributed by atoms with Gasteiger partial charge in [-0.2, -0.15) is 11.8 Å². The summed E-state index contributed by atoms with van der Waals surface area (Å²) in [7, 11) is 0. The van der Waals surface area contributed by atoms with E-state index in [1.165, 1.54) is 16.7 Å². The topological polar surface area (TPSA) is 20.2 Å². The van der Waals surface area contributed by atoms with Gasteiger partial charge in [-0.1, -0.05) is 30.7 Å². The number of thioether (sulfide) groups is 1. The first-order chi connectivity index (χ1) is 7.13. The molecule has 0 fully saturated rings. The van der Waals surface area contributed by atoms with Crippen LogP contribution < -0.4 is 0 Å². The second kappa shape index (κ2) is 6.19. The first kappa shape index (κ1) is 12.6. The highest BCUT2D eigenvalue weighted by Gasteiger charge is 2.04. The molecule has 1 nitrogen and oxygen atoms in total. The smallest absolute Gasteiger partial charge is 0.0441 e. The summed E-state index contributed by atoms with van der Waals surface area (Å²) in [6, 6.07) is 6.59. The standard InChI is InChI=1S/C13H20OS/c1-10-4-5-11(2)13(8-10)9-15-12(3)6-7-14/h4-5,8,12,14H,6-7,9H2,1-3H3. The molecule has 0 heterocycles. The average Bonchev–Trinajstić information content (AvgIpc) is 2.20. The molecule has 0 aliphatic heterocycles. The number of hydrogen-bond acceptors (Lipinski definition) is 2. The Labute approximate surface area is 96.9 Å². The molecule has 1 unspecified atom stereocenters. The van der Waals surface area contributed by atoms with Gasteiger partial charge in [-0.05, 0) is 31.4 Å². The predicted molar refractivity (Wildman–Crippen MR) is 68.4 cm³/mol.